The van der Waals surface area contributed by atoms with Crippen LogP contribution in [-0.2, 0) is 4.79 Å². The number of carbonyl (C=O) groups is 1. The van der Waals surface area contributed by atoms with Gasteiger partial charge in [-0.3, -0.25) is 14.2 Å². The molecule has 0 fully saturated rings. The number of benzene rings is 3. The highest BCUT2D eigenvalue weighted by molar-refractivity contribution is 7.07. The molecule has 1 atom stereocenters. The number of fused-ring (bicyclic) bond motifs is 2. The number of allylic oxidation sites excluding steroid dienone is 2. The lowest BCUT2D eigenvalue weighted by Crippen LogP contribution is -2.39. The van der Waals surface area contributed by atoms with Crippen molar-refractivity contribution in [1.82, 2.24) is 4.57 Å². The molecule has 188 valence electrons. The molecule has 2 heterocycles. The van der Waals surface area contributed by atoms with Crippen LogP contribution < -0.4 is 29.1 Å². The molecule has 5 rings (SSSR count). The molecule has 1 aliphatic rings. The van der Waals surface area contributed by atoms with Crippen molar-refractivity contribution in [2.45, 2.75) is 19.9 Å². The van der Waals surface area contributed by atoms with Crippen LogP contribution in [0.4, 0.5) is 0 Å². The Morgan fingerprint density at radius 3 is 2.46 bits per heavy atom. The molecule has 37 heavy (non-hydrogen) atoms. The normalized spacial score (nSPS) is 15.4. The van der Waals surface area contributed by atoms with Gasteiger partial charge in [0.1, 0.15) is 17.2 Å². The minimum atomic E-state index is -0.685. The molecule has 1 aromatic heterocycles. The minimum absolute atomic E-state index is 0.146. The number of nitrogens with zero attached hydrogens (tertiary/aromatic N) is 2. The van der Waals surface area contributed by atoms with Crippen molar-refractivity contribution in [1.29, 1.82) is 0 Å². The number of hydrogen-bond donors (Lipinski definition) is 0. The summed E-state index contributed by atoms with van der Waals surface area (Å²) in [4.78, 5) is 32.2. The van der Waals surface area contributed by atoms with E-state index in [-0.39, 0.29) is 11.3 Å². The largest absolute Gasteiger partial charge is 0.497 e. The summed E-state index contributed by atoms with van der Waals surface area (Å²) in [5, 5.41) is 1.90. The highest BCUT2D eigenvalue weighted by atomic mass is 32.1. The van der Waals surface area contributed by atoms with Gasteiger partial charge in [0.15, 0.2) is 10.6 Å². The number of thiazole rings is 1. The average molecular weight is 515 g/mol. The summed E-state index contributed by atoms with van der Waals surface area (Å²) in [6, 6.07) is 16.5. The van der Waals surface area contributed by atoms with Crippen molar-refractivity contribution in [3.63, 3.8) is 0 Å². The minimum Gasteiger partial charge on any atom is -0.497 e. The molecule has 1 aliphatic heterocycles. The molecule has 0 amide bonds. The Bertz CT molecular complexity index is 1760. The quantitative estimate of drug-likeness (QED) is 0.389. The van der Waals surface area contributed by atoms with Crippen LogP contribution in [0, 0.1) is 0 Å². The zero-order valence-electron chi connectivity index (χ0n) is 21.2. The lowest BCUT2D eigenvalue weighted by atomic mass is 9.89. The van der Waals surface area contributed by atoms with Gasteiger partial charge >= 0.3 is 0 Å². The van der Waals surface area contributed by atoms with Gasteiger partial charge in [-0.15, -0.1) is 0 Å². The molecule has 0 radical (unpaired) electrons. The van der Waals surface area contributed by atoms with Gasteiger partial charge in [-0.05, 0) is 48.9 Å². The fourth-order valence-electron chi connectivity index (χ4n) is 4.86. The predicted octanol–water partition coefficient (Wildman–Crippen LogP) is 4.00. The summed E-state index contributed by atoms with van der Waals surface area (Å²) in [6.45, 7) is 3.32. The second-order valence-corrected chi connectivity index (χ2v) is 9.66. The Morgan fingerprint density at radius 1 is 1.00 bits per heavy atom. The van der Waals surface area contributed by atoms with Gasteiger partial charge in [-0.1, -0.05) is 41.7 Å². The molecule has 0 saturated carbocycles. The monoisotopic (exact) mass is 514 g/mol. The third-order valence-corrected chi connectivity index (χ3v) is 7.54. The third-order valence-electron chi connectivity index (χ3n) is 6.55. The van der Waals surface area contributed by atoms with E-state index in [2.05, 4.69) is 4.99 Å². The number of rotatable bonds is 6. The van der Waals surface area contributed by atoms with Crippen LogP contribution in [0.5, 0.6) is 17.2 Å². The van der Waals surface area contributed by atoms with E-state index >= 15 is 0 Å². The van der Waals surface area contributed by atoms with E-state index in [0.29, 0.717) is 37.9 Å². The molecule has 0 unspecified atom stereocenters. The third kappa shape index (κ3) is 4.13. The SMILES string of the molecule is COc1ccc(C=c2sc3n(c2=O)[C@H](c2c(OC)ccc4ccccc24)C(C(C)=O)=C(C)N=3)c(OC)c1. The summed E-state index contributed by atoms with van der Waals surface area (Å²) in [7, 11) is 4.75. The first kappa shape index (κ1) is 24.5. The fraction of sp³-hybridized carbons (Fsp3) is 0.207. The molecule has 8 heteroatoms. The maximum absolute atomic E-state index is 14.0. The van der Waals surface area contributed by atoms with Crippen molar-refractivity contribution < 1.29 is 19.0 Å². The number of carbonyl (C=O) groups excluding carboxylic acids is 1. The number of ether oxygens (including phenoxy) is 3. The molecular formula is C29H26N2O5S. The molecule has 4 aromatic rings. The summed E-state index contributed by atoms with van der Waals surface area (Å²) in [5.41, 5.74) is 2.30. The van der Waals surface area contributed by atoms with E-state index in [1.165, 1.54) is 18.3 Å². The number of Topliss-reactive ketones (excluding diaryl/α,β-unsaturated/α-hetero) is 1. The lowest BCUT2D eigenvalue weighted by Gasteiger charge is -2.27. The number of methoxy groups -OCH3 is 3. The van der Waals surface area contributed by atoms with Crippen LogP contribution >= 0.6 is 11.3 Å². The van der Waals surface area contributed by atoms with Crippen LogP contribution in [-0.4, -0.2) is 31.7 Å². The van der Waals surface area contributed by atoms with Gasteiger partial charge in [0.2, 0.25) is 0 Å². The second kappa shape index (κ2) is 9.71. The zero-order chi connectivity index (χ0) is 26.3. The van der Waals surface area contributed by atoms with Crippen molar-refractivity contribution in [2.24, 2.45) is 4.99 Å². The van der Waals surface area contributed by atoms with Gasteiger partial charge in [-0.2, -0.15) is 0 Å². The number of hydrogen-bond acceptors (Lipinski definition) is 7. The summed E-state index contributed by atoms with van der Waals surface area (Å²) < 4.78 is 18.7. The van der Waals surface area contributed by atoms with Crippen molar-refractivity contribution in [3.8, 4) is 17.2 Å². The smallest absolute Gasteiger partial charge is 0.271 e. The van der Waals surface area contributed by atoms with E-state index < -0.39 is 6.04 Å². The van der Waals surface area contributed by atoms with Gasteiger partial charge in [0.05, 0.1) is 31.9 Å². The summed E-state index contributed by atoms with van der Waals surface area (Å²) in [5.74, 6) is 1.69. The van der Waals surface area contributed by atoms with Gasteiger partial charge in [-0.25, -0.2) is 4.99 Å². The Balaban J connectivity index is 1.83. The van der Waals surface area contributed by atoms with E-state index in [4.69, 9.17) is 14.2 Å². The topological polar surface area (TPSA) is 79.1 Å². The molecule has 0 N–H and O–H groups in total. The Hall–Kier alpha value is -4.17. The maximum Gasteiger partial charge on any atom is 0.271 e. The van der Waals surface area contributed by atoms with E-state index in [0.717, 1.165) is 21.9 Å². The first-order valence-electron chi connectivity index (χ1n) is 11.7. The summed E-state index contributed by atoms with van der Waals surface area (Å²) >= 11 is 1.28. The molecule has 0 aliphatic carbocycles. The standard InChI is InChI=1S/C29H26N2O5S/c1-16-25(17(2)32)27(26-21-9-7-6-8-18(21)11-13-22(26)35-4)31-28(33)24(37-29(31)30-16)14-19-10-12-20(34-3)15-23(19)36-5/h6-15,27H,1-5H3/t27-/m0/s1. The van der Waals surface area contributed by atoms with Crippen molar-refractivity contribution >= 4 is 34.0 Å². The Kier molecular flexibility index (Phi) is 6.43. The van der Waals surface area contributed by atoms with Gasteiger partial charge in [0, 0.05) is 28.5 Å². The van der Waals surface area contributed by atoms with E-state index in [1.807, 2.05) is 55.5 Å². The first-order chi connectivity index (χ1) is 17.9. The average Bonchev–Trinajstić information content (AvgIpc) is 3.21. The van der Waals surface area contributed by atoms with Crippen molar-refractivity contribution in [3.05, 3.63) is 96.7 Å². The first-order valence-corrected chi connectivity index (χ1v) is 12.5. The molecule has 0 saturated heterocycles. The molecule has 0 spiro atoms. The Morgan fingerprint density at radius 2 is 1.76 bits per heavy atom. The van der Waals surface area contributed by atoms with E-state index in [1.54, 1.807) is 38.0 Å². The van der Waals surface area contributed by atoms with Crippen molar-refractivity contribution in [2.75, 3.05) is 21.3 Å². The lowest BCUT2D eigenvalue weighted by molar-refractivity contribution is -0.114. The molecular weight excluding hydrogens is 488 g/mol. The zero-order valence-corrected chi connectivity index (χ0v) is 22.0. The number of aromatic nitrogens is 1. The highest BCUT2D eigenvalue weighted by Crippen LogP contribution is 2.40. The van der Waals surface area contributed by atoms with Crippen LogP contribution in [0.1, 0.15) is 31.0 Å². The van der Waals surface area contributed by atoms with Crippen LogP contribution in [0.3, 0.4) is 0 Å². The molecule has 7 nitrogen and oxygen atoms in total. The van der Waals surface area contributed by atoms with E-state index in [9.17, 15) is 9.59 Å². The van der Waals surface area contributed by atoms with Crippen LogP contribution in [0.15, 0.2) is 75.7 Å². The van der Waals surface area contributed by atoms with Gasteiger partial charge in [0.25, 0.3) is 5.56 Å². The Labute approximate surface area is 217 Å². The fourth-order valence-corrected chi connectivity index (χ4v) is 5.90. The second-order valence-electron chi connectivity index (χ2n) is 8.65. The maximum atomic E-state index is 14.0. The number of ketones is 1. The molecule has 0 bridgehead atoms. The van der Waals surface area contributed by atoms with Crippen LogP contribution in [0.2, 0.25) is 0 Å². The molecule has 3 aromatic carbocycles. The summed E-state index contributed by atoms with van der Waals surface area (Å²) in [6.07, 6.45) is 1.78. The van der Waals surface area contributed by atoms with Crippen LogP contribution in [0.25, 0.3) is 16.8 Å². The highest BCUT2D eigenvalue weighted by Gasteiger charge is 2.33. The van der Waals surface area contributed by atoms with Gasteiger partial charge < -0.3 is 14.2 Å². The predicted molar refractivity (Wildman–Crippen MR) is 144 cm³/mol.